The van der Waals surface area contributed by atoms with Crippen molar-refractivity contribution in [2.45, 2.75) is 33.5 Å². The molecule has 0 aromatic heterocycles. The highest BCUT2D eigenvalue weighted by Gasteiger charge is 2.09. The van der Waals surface area contributed by atoms with Crippen LogP contribution < -0.4 is 5.32 Å². The van der Waals surface area contributed by atoms with Gasteiger partial charge < -0.3 is 10.1 Å². The van der Waals surface area contributed by atoms with Gasteiger partial charge in [0.05, 0.1) is 12.7 Å². The molecule has 3 nitrogen and oxygen atoms in total. The second kappa shape index (κ2) is 7.43. The molecule has 2 aromatic carbocycles. The van der Waals surface area contributed by atoms with Crippen molar-refractivity contribution in [2.24, 2.45) is 0 Å². The van der Waals surface area contributed by atoms with E-state index in [0.717, 1.165) is 16.8 Å². The smallest absolute Gasteiger partial charge is 0.255 e. The summed E-state index contributed by atoms with van der Waals surface area (Å²) in [7, 11) is 0. The minimum absolute atomic E-state index is 0.151. The first-order chi connectivity index (χ1) is 10.5. The van der Waals surface area contributed by atoms with E-state index in [1.807, 2.05) is 45.0 Å². The first-order valence-electron chi connectivity index (χ1n) is 7.24. The Kier molecular flexibility index (Phi) is 5.58. The Balaban J connectivity index is 2.05. The van der Waals surface area contributed by atoms with Crippen LogP contribution in [0.3, 0.4) is 0 Å². The Morgan fingerprint density at radius 1 is 1.18 bits per heavy atom. The second-order valence-electron chi connectivity index (χ2n) is 5.42. The molecule has 0 aliphatic heterocycles. The van der Waals surface area contributed by atoms with Crippen molar-refractivity contribution in [1.82, 2.24) is 0 Å². The van der Waals surface area contributed by atoms with Gasteiger partial charge in [-0.1, -0.05) is 29.8 Å². The molecule has 22 heavy (non-hydrogen) atoms. The summed E-state index contributed by atoms with van der Waals surface area (Å²) in [6.07, 6.45) is 0.189. The Morgan fingerprint density at radius 2 is 1.86 bits per heavy atom. The van der Waals surface area contributed by atoms with Crippen molar-refractivity contribution >= 4 is 23.2 Å². The van der Waals surface area contributed by atoms with Crippen molar-refractivity contribution in [3.63, 3.8) is 0 Å². The molecule has 0 heterocycles. The highest BCUT2D eigenvalue weighted by atomic mass is 35.5. The molecule has 0 unspecified atom stereocenters. The highest BCUT2D eigenvalue weighted by Crippen LogP contribution is 2.23. The largest absolute Gasteiger partial charge is 0.374 e. The lowest BCUT2D eigenvalue weighted by atomic mass is 10.1. The van der Waals surface area contributed by atoms with Crippen LogP contribution in [0.15, 0.2) is 42.5 Å². The fourth-order valence-corrected chi connectivity index (χ4v) is 2.13. The van der Waals surface area contributed by atoms with Crippen LogP contribution in [0, 0.1) is 6.92 Å². The number of rotatable bonds is 5. The van der Waals surface area contributed by atoms with Gasteiger partial charge in [-0.05, 0) is 56.2 Å². The lowest BCUT2D eigenvalue weighted by Crippen LogP contribution is -2.13. The van der Waals surface area contributed by atoms with Crippen molar-refractivity contribution < 1.29 is 9.53 Å². The number of carbonyl (C=O) groups excluding carboxylic acids is 1. The van der Waals surface area contributed by atoms with Crippen LogP contribution in [-0.4, -0.2) is 12.0 Å². The quantitative estimate of drug-likeness (QED) is 0.858. The van der Waals surface area contributed by atoms with E-state index in [9.17, 15) is 4.79 Å². The molecule has 0 radical (unpaired) electrons. The average molecular weight is 318 g/mol. The van der Waals surface area contributed by atoms with Crippen molar-refractivity contribution in [2.75, 3.05) is 5.32 Å². The van der Waals surface area contributed by atoms with Gasteiger partial charge in [0.25, 0.3) is 5.91 Å². The molecule has 0 spiro atoms. The fraction of sp³-hybridized carbons (Fsp3) is 0.278. The van der Waals surface area contributed by atoms with Crippen LogP contribution in [0.1, 0.15) is 35.3 Å². The zero-order valence-electron chi connectivity index (χ0n) is 13.0. The minimum Gasteiger partial charge on any atom is -0.374 e. The average Bonchev–Trinajstić information content (AvgIpc) is 2.50. The van der Waals surface area contributed by atoms with E-state index in [4.69, 9.17) is 16.3 Å². The second-order valence-corrected chi connectivity index (χ2v) is 5.83. The minimum atomic E-state index is -0.151. The standard InChI is InChI=1S/C18H20ClNO2/c1-12(2)22-11-14-7-9-15(10-8-14)18(21)20-17-6-4-5-16(19)13(17)3/h4-10,12H,11H2,1-3H3,(H,20,21). The number of ether oxygens (including phenoxy) is 1. The zero-order chi connectivity index (χ0) is 16.1. The molecule has 0 saturated carbocycles. The van der Waals surface area contributed by atoms with Crippen LogP contribution in [0.25, 0.3) is 0 Å². The van der Waals surface area contributed by atoms with Gasteiger partial charge in [-0.15, -0.1) is 0 Å². The van der Waals surface area contributed by atoms with E-state index in [1.165, 1.54) is 0 Å². The molecule has 1 N–H and O–H groups in total. The first-order valence-corrected chi connectivity index (χ1v) is 7.62. The molecular formula is C18H20ClNO2. The number of benzene rings is 2. The maximum absolute atomic E-state index is 12.3. The SMILES string of the molecule is Cc1c(Cl)cccc1NC(=O)c1ccc(COC(C)C)cc1. The molecule has 2 rings (SSSR count). The van der Waals surface area contributed by atoms with Gasteiger partial charge in [0, 0.05) is 16.3 Å². The number of amides is 1. The molecule has 0 aliphatic carbocycles. The summed E-state index contributed by atoms with van der Waals surface area (Å²) < 4.78 is 5.54. The molecule has 0 aliphatic rings. The van der Waals surface area contributed by atoms with Gasteiger partial charge in [-0.25, -0.2) is 0 Å². The van der Waals surface area contributed by atoms with Crippen molar-refractivity contribution in [3.05, 3.63) is 64.2 Å². The molecule has 0 fully saturated rings. The number of hydrogen-bond acceptors (Lipinski definition) is 2. The third kappa shape index (κ3) is 4.33. The first kappa shape index (κ1) is 16.5. The van der Waals surface area contributed by atoms with Gasteiger partial charge >= 0.3 is 0 Å². The molecule has 4 heteroatoms. The van der Waals surface area contributed by atoms with Crippen molar-refractivity contribution in [1.29, 1.82) is 0 Å². The summed E-state index contributed by atoms with van der Waals surface area (Å²) >= 11 is 6.06. The van der Waals surface area contributed by atoms with E-state index in [-0.39, 0.29) is 12.0 Å². The van der Waals surface area contributed by atoms with E-state index >= 15 is 0 Å². The van der Waals surface area contributed by atoms with Crippen LogP contribution in [0.5, 0.6) is 0 Å². The van der Waals surface area contributed by atoms with Crippen LogP contribution in [0.4, 0.5) is 5.69 Å². The van der Waals surface area contributed by atoms with Gasteiger partial charge in [0.2, 0.25) is 0 Å². The summed E-state index contributed by atoms with van der Waals surface area (Å²) in [4.78, 5) is 12.3. The van der Waals surface area contributed by atoms with E-state index in [1.54, 1.807) is 18.2 Å². The number of anilines is 1. The molecule has 2 aromatic rings. The molecule has 116 valence electrons. The normalized spacial score (nSPS) is 10.8. The molecule has 0 atom stereocenters. The van der Waals surface area contributed by atoms with Gasteiger partial charge in [-0.2, -0.15) is 0 Å². The fourth-order valence-electron chi connectivity index (χ4n) is 1.95. The molecule has 1 amide bonds. The number of nitrogens with one attached hydrogen (secondary N) is 1. The maximum Gasteiger partial charge on any atom is 0.255 e. The molecule has 0 saturated heterocycles. The Hall–Kier alpha value is -1.84. The van der Waals surface area contributed by atoms with Gasteiger partial charge in [0.15, 0.2) is 0 Å². The van der Waals surface area contributed by atoms with E-state index in [2.05, 4.69) is 5.32 Å². The Bertz CT molecular complexity index is 651. The maximum atomic E-state index is 12.3. The zero-order valence-corrected chi connectivity index (χ0v) is 13.8. The highest BCUT2D eigenvalue weighted by molar-refractivity contribution is 6.31. The monoisotopic (exact) mass is 317 g/mol. The lowest BCUT2D eigenvalue weighted by molar-refractivity contribution is 0.0657. The topological polar surface area (TPSA) is 38.3 Å². The number of carbonyl (C=O) groups is 1. The van der Waals surface area contributed by atoms with E-state index < -0.39 is 0 Å². The Labute approximate surface area is 136 Å². The summed E-state index contributed by atoms with van der Waals surface area (Å²) in [6.45, 7) is 6.42. The summed E-state index contributed by atoms with van der Waals surface area (Å²) in [6, 6.07) is 12.9. The van der Waals surface area contributed by atoms with Gasteiger partial charge in [0.1, 0.15) is 0 Å². The summed E-state index contributed by atoms with van der Waals surface area (Å²) in [5.41, 5.74) is 3.24. The van der Waals surface area contributed by atoms with Crippen LogP contribution in [0.2, 0.25) is 5.02 Å². The predicted octanol–water partition coefficient (Wildman–Crippen LogP) is 4.83. The van der Waals surface area contributed by atoms with Crippen LogP contribution in [-0.2, 0) is 11.3 Å². The van der Waals surface area contributed by atoms with Crippen LogP contribution >= 0.6 is 11.6 Å². The number of halogens is 1. The number of hydrogen-bond donors (Lipinski definition) is 1. The van der Waals surface area contributed by atoms with Crippen molar-refractivity contribution in [3.8, 4) is 0 Å². The molecule has 0 bridgehead atoms. The third-order valence-corrected chi connectivity index (χ3v) is 3.72. The predicted molar refractivity (Wildman–Crippen MR) is 90.5 cm³/mol. The lowest BCUT2D eigenvalue weighted by Gasteiger charge is -2.10. The van der Waals surface area contributed by atoms with Gasteiger partial charge in [-0.3, -0.25) is 4.79 Å². The molecular weight excluding hydrogens is 298 g/mol. The van der Waals surface area contributed by atoms with E-state index in [0.29, 0.717) is 17.2 Å². The third-order valence-electron chi connectivity index (χ3n) is 3.32. The summed E-state index contributed by atoms with van der Waals surface area (Å²) in [5.74, 6) is -0.151. The summed E-state index contributed by atoms with van der Waals surface area (Å²) in [5, 5.41) is 3.52. The Morgan fingerprint density at radius 3 is 2.50 bits per heavy atom.